The lowest BCUT2D eigenvalue weighted by atomic mass is 10.2. The van der Waals surface area contributed by atoms with E-state index in [1.807, 2.05) is 0 Å². The average Bonchev–Trinajstić information content (AvgIpc) is 2.32. The minimum Gasteiger partial charge on any atom is -0.399 e. The van der Waals surface area contributed by atoms with Crippen molar-refractivity contribution in [3.63, 3.8) is 0 Å². The molecule has 0 heterocycles. The Kier molecular flexibility index (Phi) is 4.27. The fourth-order valence-corrected chi connectivity index (χ4v) is 3.57. The molecule has 4 nitrogen and oxygen atoms in total. The van der Waals surface area contributed by atoms with Crippen LogP contribution in [0.4, 0.5) is 11.4 Å². The maximum atomic E-state index is 12.3. The van der Waals surface area contributed by atoms with Gasteiger partial charge in [-0.3, -0.25) is 4.72 Å². The number of nitrogens with one attached hydrogen (secondary N) is 1. The third-order valence-electron chi connectivity index (χ3n) is 2.56. The van der Waals surface area contributed by atoms with Crippen LogP contribution in [0, 0.1) is 6.92 Å². The van der Waals surface area contributed by atoms with Gasteiger partial charge in [-0.1, -0.05) is 11.6 Å². The molecule has 0 aliphatic heterocycles. The van der Waals surface area contributed by atoms with Gasteiger partial charge in [-0.25, -0.2) is 8.42 Å². The highest BCUT2D eigenvalue weighted by atomic mass is 79.9. The molecule has 0 amide bonds. The van der Waals surface area contributed by atoms with Gasteiger partial charge in [-0.15, -0.1) is 0 Å². The summed E-state index contributed by atoms with van der Waals surface area (Å²) in [6.45, 7) is 1.78. The summed E-state index contributed by atoms with van der Waals surface area (Å²) >= 11 is 9.14. The summed E-state index contributed by atoms with van der Waals surface area (Å²) in [6.07, 6.45) is 0. The molecular formula is C13H12BrClN2O2S. The van der Waals surface area contributed by atoms with Gasteiger partial charge >= 0.3 is 0 Å². The number of halogens is 2. The second kappa shape index (κ2) is 5.63. The third-order valence-corrected chi connectivity index (χ3v) is 4.83. The Morgan fingerprint density at radius 1 is 1.20 bits per heavy atom. The highest BCUT2D eigenvalue weighted by Gasteiger charge is 2.16. The fourth-order valence-electron chi connectivity index (χ4n) is 1.71. The van der Waals surface area contributed by atoms with E-state index >= 15 is 0 Å². The minimum atomic E-state index is -3.72. The molecule has 0 aliphatic rings. The zero-order valence-electron chi connectivity index (χ0n) is 10.5. The normalized spacial score (nSPS) is 11.3. The van der Waals surface area contributed by atoms with E-state index in [0.717, 1.165) is 5.56 Å². The van der Waals surface area contributed by atoms with Gasteiger partial charge in [0.15, 0.2) is 0 Å². The van der Waals surface area contributed by atoms with E-state index in [0.29, 0.717) is 20.9 Å². The second-order valence-corrected chi connectivity index (χ2v) is 7.28. The Morgan fingerprint density at radius 3 is 2.55 bits per heavy atom. The molecule has 106 valence electrons. The number of sulfonamides is 1. The van der Waals surface area contributed by atoms with Gasteiger partial charge < -0.3 is 5.73 Å². The SMILES string of the molecule is Cc1cc(N)cc(S(=O)(=O)Nc2cc(Cl)ccc2Br)c1. The lowest BCUT2D eigenvalue weighted by Gasteiger charge is -2.11. The predicted octanol–water partition coefficient (Wildman–Crippen LogP) is 3.79. The number of benzene rings is 2. The van der Waals surface area contributed by atoms with Gasteiger partial charge in [-0.2, -0.15) is 0 Å². The molecule has 0 spiro atoms. The molecule has 0 fully saturated rings. The summed E-state index contributed by atoms with van der Waals surface area (Å²) < 4.78 is 27.8. The second-order valence-electron chi connectivity index (χ2n) is 4.31. The Hall–Kier alpha value is -1.24. The molecule has 0 bridgehead atoms. The quantitative estimate of drug-likeness (QED) is 0.802. The Labute approximate surface area is 131 Å². The molecule has 0 aromatic heterocycles. The number of hydrogen-bond donors (Lipinski definition) is 2. The first-order valence-corrected chi connectivity index (χ1v) is 8.28. The van der Waals surface area contributed by atoms with Crippen LogP contribution in [0.2, 0.25) is 5.02 Å². The molecule has 20 heavy (non-hydrogen) atoms. The number of anilines is 2. The van der Waals surface area contributed by atoms with Crippen LogP contribution in [0.5, 0.6) is 0 Å². The van der Waals surface area contributed by atoms with Crippen LogP contribution in [0.3, 0.4) is 0 Å². The summed E-state index contributed by atoms with van der Waals surface area (Å²) in [7, 11) is -3.72. The molecule has 0 aliphatic carbocycles. The van der Waals surface area contributed by atoms with Crippen molar-refractivity contribution in [2.75, 3.05) is 10.5 Å². The Bertz CT molecular complexity index is 743. The molecular weight excluding hydrogens is 364 g/mol. The highest BCUT2D eigenvalue weighted by Crippen LogP contribution is 2.28. The molecule has 7 heteroatoms. The average molecular weight is 376 g/mol. The van der Waals surface area contributed by atoms with Crippen molar-refractivity contribution < 1.29 is 8.42 Å². The van der Waals surface area contributed by atoms with Gasteiger partial charge in [0.05, 0.1) is 10.6 Å². The fraction of sp³-hybridized carbons (Fsp3) is 0.0769. The van der Waals surface area contributed by atoms with Gasteiger partial charge in [0, 0.05) is 15.2 Å². The molecule has 2 rings (SSSR count). The first kappa shape index (κ1) is 15.2. The summed E-state index contributed by atoms with van der Waals surface area (Å²) in [5.74, 6) is 0. The Morgan fingerprint density at radius 2 is 1.90 bits per heavy atom. The standard InChI is InChI=1S/C13H12BrClN2O2S/c1-8-4-10(16)7-11(5-8)20(18,19)17-13-6-9(15)2-3-12(13)14/h2-7,17H,16H2,1H3. The van der Waals surface area contributed by atoms with E-state index in [1.165, 1.54) is 12.1 Å². The van der Waals surface area contributed by atoms with Crippen molar-refractivity contribution >= 4 is 48.9 Å². The van der Waals surface area contributed by atoms with E-state index in [2.05, 4.69) is 20.7 Å². The topological polar surface area (TPSA) is 72.2 Å². The van der Waals surface area contributed by atoms with Crippen LogP contribution in [-0.2, 0) is 10.0 Å². The van der Waals surface area contributed by atoms with Gasteiger partial charge in [-0.05, 0) is 64.8 Å². The van der Waals surface area contributed by atoms with Crippen molar-refractivity contribution in [1.29, 1.82) is 0 Å². The van der Waals surface area contributed by atoms with Crippen LogP contribution in [0.1, 0.15) is 5.56 Å². The lowest BCUT2D eigenvalue weighted by Crippen LogP contribution is -2.14. The van der Waals surface area contributed by atoms with Crippen LogP contribution >= 0.6 is 27.5 Å². The lowest BCUT2D eigenvalue weighted by molar-refractivity contribution is 0.601. The van der Waals surface area contributed by atoms with Gasteiger partial charge in [0.2, 0.25) is 0 Å². The van der Waals surface area contributed by atoms with Crippen molar-refractivity contribution in [2.45, 2.75) is 11.8 Å². The summed E-state index contributed by atoms with van der Waals surface area (Å²) in [5, 5.41) is 0.439. The molecule has 0 saturated heterocycles. The number of nitrogens with two attached hydrogens (primary N) is 1. The van der Waals surface area contributed by atoms with Gasteiger partial charge in [0.25, 0.3) is 10.0 Å². The van der Waals surface area contributed by atoms with Gasteiger partial charge in [0.1, 0.15) is 0 Å². The zero-order valence-corrected chi connectivity index (χ0v) is 13.7. The molecule has 0 unspecified atom stereocenters. The first-order valence-electron chi connectivity index (χ1n) is 5.63. The van der Waals surface area contributed by atoms with Crippen LogP contribution < -0.4 is 10.5 Å². The number of nitrogen functional groups attached to an aromatic ring is 1. The Balaban J connectivity index is 2.43. The van der Waals surface area contributed by atoms with E-state index in [1.54, 1.807) is 31.2 Å². The molecule has 0 saturated carbocycles. The van der Waals surface area contributed by atoms with Crippen LogP contribution in [0.25, 0.3) is 0 Å². The van der Waals surface area contributed by atoms with Crippen molar-refractivity contribution in [3.8, 4) is 0 Å². The van der Waals surface area contributed by atoms with E-state index in [4.69, 9.17) is 17.3 Å². The summed E-state index contributed by atoms with van der Waals surface area (Å²) in [6, 6.07) is 9.53. The monoisotopic (exact) mass is 374 g/mol. The summed E-state index contributed by atoms with van der Waals surface area (Å²) in [4.78, 5) is 0.113. The molecule has 0 radical (unpaired) electrons. The predicted molar refractivity (Wildman–Crippen MR) is 85.6 cm³/mol. The largest absolute Gasteiger partial charge is 0.399 e. The molecule has 2 aromatic carbocycles. The summed E-state index contributed by atoms with van der Waals surface area (Å²) in [5.41, 5.74) is 7.23. The number of hydrogen-bond acceptors (Lipinski definition) is 3. The molecule has 0 atom stereocenters. The molecule has 3 N–H and O–H groups in total. The number of aryl methyl sites for hydroxylation is 1. The number of rotatable bonds is 3. The zero-order chi connectivity index (χ0) is 14.9. The maximum Gasteiger partial charge on any atom is 0.262 e. The van der Waals surface area contributed by atoms with E-state index in [9.17, 15) is 8.42 Å². The van der Waals surface area contributed by atoms with Crippen molar-refractivity contribution in [3.05, 3.63) is 51.5 Å². The van der Waals surface area contributed by atoms with Crippen LogP contribution in [-0.4, -0.2) is 8.42 Å². The van der Waals surface area contributed by atoms with Crippen molar-refractivity contribution in [1.82, 2.24) is 0 Å². The van der Waals surface area contributed by atoms with Crippen molar-refractivity contribution in [2.24, 2.45) is 0 Å². The smallest absolute Gasteiger partial charge is 0.262 e. The molecule has 2 aromatic rings. The van der Waals surface area contributed by atoms with E-state index < -0.39 is 10.0 Å². The minimum absolute atomic E-state index is 0.113. The van der Waals surface area contributed by atoms with E-state index in [-0.39, 0.29) is 4.90 Å². The maximum absolute atomic E-state index is 12.3. The van der Waals surface area contributed by atoms with Crippen LogP contribution in [0.15, 0.2) is 45.8 Å². The third kappa shape index (κ3) is 3.45. The highest BCUT2D eigenvalue weighted by molar-refractivity contribution is 9.10. The first-order chi connectivity index (χ1) is 9.28.